The summed E-state index contributed by atoms with van der Waals surface area (Å²) in [7, 11) is 2.12. The Morgan fingerprint density at radius 1 is 1.03 bits per heavy atom. The number of nitrogens with one attached hydrogen (secondary N) is 2. The zero-order chi connectivity index (χ0) is 23.1. The molecular weight excluding hydrogens is 415 g/mol. The maximum absolute atomic E-state index is 14.4. The summed E-state index contributed by atoms with van der Waals surface area (Å²) >= 11 is 0. The summed E-state index contributed by atoms with van der Waals surface area (Å²) in [5.41, 5.74) is 4.35. The molecule has 6 heteroatoms. The molecule has 2 unspecified atom stereocenters. The summed E-state index contributed by atoms with van der Waals surface area (Å²) in [6.45, 7) is 5.23. The zero-order valence-corrected chi connectivity index (χ0v) is 19.0. The SMILES string of the molecule is CC(C)N(C)Cc1ccc(C2c3n[nH]c(=O)c4cc(F)cc(c34)NC2c2ccccc2)cc1. The van der Waals surface area contributed by atoms with Gasteiger partial charge in [-0.2, -0.15) is 5.10 Å². The molecule has 0 aliphatic carbocycles. The minimum absolute atomic E-state index is 0.151. The first-order valence-corrected chi connectivity index (χ1v) is 11.2. The number of hydrogen-bond acceptors (Lipinski definition) is 4. The Morgan fingerprint density at radius 3 is 2.45 bits per heavy atom. The van der Waals surface area contributed by atoms with Gasteiger partial charge in [0.05, 0.1) is 23.0 Å². The molecule has 2 heterocycles. The third-order valence-electron chi connectivity index (χ3n) is 6.63. The number of anilines is 1. The number of halogens is 1. The van der Waals surface area contributed by atoms with Crippen LogP contribution in [0.1, 0.15) is 48.2 Å². The largest absolute Gasteiger partial charge is 0.377 e. The van der Waals surface area contributed by atoms with E-state index in [0.29, 0.717) is 22.5 Å². The van der Waals surface area contributed by atoms with E-state index in [4.69, 9.17) is 0 Å². The van der Waals surface area contributed by atoms with Crippen molar-refractivity contribution in [1.82, 2.24) is 15.1 Å². The Morgan fingerprint density at radius 2 is 1.76 bits per heavy atom. The second-order valence-electron chi connectivity index (χ2n) is 9.07. The van der Waals surface area contributed by atoms with E-state index in [0.717, 1.165) is 23.4 Å². The second-order valence-corrected chi connectivity index (χ2v) is 9.07. The minimum Gasteiger partial charge on any atom is -0.377 e. The normalized spacial score (nSPS) is 17.5. The van der Waals surface area contributed by atoms with E-state index in [1.807, 2.05) is 18.2 Å². The number of nitrogens with zero attached hydrogens (tertiary/aromatic N) is 2. The number of aromatic amines is 1. The average Bonchev–Trinajstić information content (AvgIpc) is 2.81. The highest BCUT2D eigenvalue weighted by Crippen LogP contribution is 2.46. The van der Waals surface area contributed by atoms with E-state index in [1.54, 1.807) is 0 Å². The van der Waals surface area contributed by atoms with Crippen molar-refractivity contribution < 1.29 is 4.39 Å². The van der Waals surface area contributed by atoms with Crippen LogP contribution in [0.3, 0.4) is 0 Å². The van der Waals surface area contributed by atoms with E-state index < -0.39 is 5.82 Å². The molecule has 2 atom stereocenters. The van der Waals surface area contributed by atoms with Gasteiger partial charge in [0, 0.05) is 23.7 Å². The van der Waals surface area contributed by atoms with Crippen molar-refractivity contribution >= 4 is 16.5 Å². The van der Waals surface area contributed by atoms with Gasteiger partial charge in [-0.25, -0.2) is 9.49 Å². The van der Waals surface area contributed by atoms with Gasteiger partial charge in [0.15, 0.2) is 0 Å². The zero-order valence-electron chi connectivity index (χ0n) is 19.0. The Hall–Kier alpha value is -3.51. The Kier molecular flexibility index (Phi) is 5.46. The third-order valence-corrected chi connectivity index (χ3v) is 6.63. The van der Waals surface area contributed by atoms with Crippen molar-refractivity contribution in [3.63, 3.8) is 0 Å². The second kappa shape index (κ2) is 8.45. The average molecular weight is 443 g/mol. The van der Waals surface area contributed by atoms with Crippen LogP contribution in [0.2, 0.25) is 0 Å². The number of aromatic nitrogens is 2. The molecule has 1 aliphatic heterocycles. The smallest absolute Gasteiger partial charge is 0.272 e. The van der Waals surface area contributed by atoms with Crippen LogP contribution >= 0.6 is 0 Å². The molecule has 1 aliphatic rings. The van der Waals surface area contributed by atoms with Crippen molar-refractivity contribution in [2.75, 3.05) is 12.4 Å². The topological polar surface area (TPSA) is 61.0 Å². The molecule has 0 radical (unpaired) electrons. The molecule has 0 spiro atoms. The Bertz CT molecular complexity index is 1350. The van der Waals surface area contributed by atoms with Gasteiger partial charge >= 0.3 is 0 Å². The van der Waals surface area contributed by atoms with Gasteiger partial charge in [-0.3, -0.25) is 9.69 Å². The van der Waals surface area contributed by atoms with Crippen molar-refractivity contribution in [1.29, 1.82) is 0 Å². The summed E-state index contributed by atoms with van der Waals surface area (Å²) in [5, 5.41) is 11.6. The van der Waals surface area contributed by atoms with E-state index in [9.17, 15) is 9.18 Å². The molecule has 5 nitrogen and oxygen atoms in total. The Balaban J connectivity index is 1.65. The maximum atomic E-state index is 14.4. The lowest BCUT2D eigenvalue weighted by Gasteiger charge is -2.35. The number of benzene rings is 3. The van der Waals surface area contributed by atoms with E-state index in [2.05, 4.69) is 77.7 Å². The van der Waals surface area contributed by atoms with Crippen molar-refractivity contribution in [3.8, 4) is 0 Å². The first-order valence-electron chi connectivity index (χ1n) is 11.2. The molecule has 0 saturated carbocycles. The highest BCUT2D eigenvalue weighted by molar-refractivity contribution is 5.97. The molecule has 2 N–H and O–H groups in total. The quantitative estimate of drug-likeness (QED) is 0.446. The van der Waals surface area contributed by atoms with Crippen LogP contribution in [-0.2, 0) is 6.54 Å². The molecule has 0 bridgehead atoms. The molecule has 0 fully saturated rings. The lowest BCUT2D eigenvalue weighted by Crippen LogP contribution is -2.28. The fraction of sp³-hybridized carbons (Fsp3) is 0.259. The highest BCUT2D eigenvalue weighted by atomic mass is 19.1. The lowest BCUT2D eigenvalue weighted by atomic mass is 9.80. The van der Waals surface area contributed by atoms with Crippen LogP contribution in [0.4, 0.5) is 10.1 Å². The summed E-state index contributed by atoms with van der Waals surface area (Å²) in [4.78, 5) is 14.7. The standard InChI is InChI=1S/C27H27FN4O/c1-16(2)32(3)15-17-9-11-18(12-10-17)23-25(19-7-5-4-6-8-19)29-22-14-20(28)13-21-24(22)26(23)30-31-27(21)33/h4-14,16,23,25,29H,15H2,1-3H3,(H,31,33). The fourth-order valence-electron chi connectivity index (χ4n) is 4.62. The highest BCUT2D eigenvalue weighted by Gasteiger charge is 2.35. The van der Waals surface area contributed by atoms with Crippen LogP contribution in [0.5, 0.6) is 0 Å². The van der Waals surface area contributed by atoms with Gasteiger partial charge < -0.3 is 5.32 Å². The first kappa shape index (κ1) is 21.3. The molecule has 168 valence electrons. The summed E-state index contributed by atoms with van der Waals surface area (Å²) in [5.74, 6) is -0.599. The van der Waals surface area contributed by atoms with E-state index >= 15 is 0 Å². The molecule has 5 rings (SSSR count). The van der Waals surface area contributed by atoms with Crippen molar-refractivity contribution in [2.24, 2.45) is 0 Å². The number of rotatable bonds is 5. The summed E-state index contributed by atoms with van der Waals surface area (Å²) < 4.78 is 14.4. The van der Waals surface area contributed by atoms with Crippen LogP contribution < -0.4 is 10.9 Å². The number of H-pyrrole nitrogens is 1. The Labute approximate surface area is 192 Å². The molecule has 3 aromatic carbocycles. The maximum Gasteiger partial charge on any atom is 0.272 e. The number of hydrogen-bond donors (Lipinski definition) is 2. The molecule has 4 aromatic rings. The molecular formula is C27H27FN4O. The third kappa shape index (κ3) is 3.91. The summed E-state index contributed by atoms with van der Waals surface area (Å²) in [6.07, 6.45) is 0. The monoisotopic (exact) mass is 442 g/mol. The van der Waals surface area contributed by atoms with Gasteiger partial charge in [0.1, 0.15) is 5.82 Å². The lowest BCUT2D eigenvalue weighted by molar-refractivity contribution is 0.266. The van der Waals surface area contributed by atoms with Crippen molar-refractivity contribution in [3.05, 3.63) is 105 Å². The van der Waals surface area contributed by atoms with Crippen LogP contribution in [0, 0.1) is 5.82 Å². The molecule has 0 amide bonds. The minimum atomic E-state index is -0.448. The van der Waals surface area contributed by atoms with Crippen molar-refractivity contribution in [2.45, 2.75) is 38.4 Å². The summed E-state index contributed by atoms with van der Waals surface area (Å²) in [6, 6.07) is 21.7. The van der Waals surface area contributed by atoms with Gasteiger partial charge in [0.2, 0.25) is 0 Å². The van der Waals surface area contributed by atoms with Gasteiger partial charge in [-0.1, -0.05) is 54.6 Å². The van der Waals surface area contributed by atoms with Gasteiger partial charge in [-0.15, -0.1) is 0 Å². The van der Waals surface area contributed by atoms with E-state index in [1.165, 1.54) is 17.7 Å². The van der Waals surface area contributed by atoms with Crippen LogP contribution in [0.25, 0.3) is 10.8 Å². The van der Waals surface area contributed by atoms with E-state index in [-0.39, 0.29) is 17.5 Å². The van der Waals surface area contributed by atoms with Crippen LogP contribution in [-0.4, -0.2) is 28.2 Å². The molecule has 33 heavy (non-hydrogen) atoms. The first-order chi connectivity index (χ1) is 15.9. The van der Waals surface area contributed by atoms with Gasteiger partial charge in [-0.05, 0) is 49.7 Å². The molecule has 0 saturated heterocycles. The fourth-order valence-corrected chi connectivity index (χ4v) is 4.62. The molecule has 1 aromatic heterocycles. The predicted molar refractivity (Wildman–Crippen MR) is 130 cm³/mol. The predicted octanol–water partition coefficient (Wildman–Crippen LogP) is 5.20. The van der Waals surface area contributed by atoms with Crippen LogP contribution in [0.15, 0.2) is 71.5 Å². The van der Waals surface area contributed by atoms with Gasteiger partial charge in [0.25, 0.3) is 5.56 Å².